The number of ether oxygens (including phenoxy) is 2. The molecular weight excluding hydrogens is 496 g/mol. The monoisotopic (exact) mass is 515 g/mol. The SMILES string of the molecule is CCOC(=O)[C@H]1N[C@@H](c2ccc(Cl)cc2)[C@@H](C(=O)OCc2ccccc2)[C@@H]1C(F)(F)Br. The molecule has 1 heterocycles. The van der Waals surface area contributed by atoms with Crippen LogP contribution in [-0.4, -0.2) is 29.4 Å². The molecule has 0 aliphatic carbocycles. The zero-order valence-electron chi connectivity index (χ0n) is 16.6. The van der Waals surface area contributed by atoms with Gasteiger partial charge in [0.25, 0.3) is 0 Å². The molecule has 0 spiro atoms. The van der Waals surface area contributed by atoms with Crippen molar-refractivity contribution >= 4 is 39.5 Å². The van der Waals surface area contributed by atoms with Gasteiger partial charge in [0, 0.05) is 11.1 Å². The molecule has 5 nitrogen and oxygen atoms in total. The summed E-state index contributed by atoms with van der Waals surface area (Å²) in [7, 11) is 0. The van der Waals surface area contributed by atoms with Gasteiger partial charge in [-0.25, -0.2) is 0 Å². The van der Waals surface area contributed by atoms with Crippen LogP contribution in [0.5, 0.6) is 0 Å². The van der Waals surface area contributed by atoms with Crippen molar-refractivity contribution < 1.29 is 27.8 Å². The smallest absolute Gasteiger partial charge is 0.323 e. The van der Waals surface area contributed by atoms with Crippen molar-refractivity contribution in [3.05, 3.63) is 70.7 Å². The van der Waals surface area contributed by atoms with E-state index in [9.17, 15) is 18.4 Å². The van der Waals surface area contributed by atoms with Gasteiger partial charge < -0.3 is 9.47 Å². The van der Waals surface area contributed by atoms with E-state index < -0.39 is 40.7 Å². The van der Waals surface area contributed by atoms with Crippen molar-refractivity contribution in [2.75, 3.05) is 6.61 Å². The predicted molar refractivity (Wildman–Crippen MR) is 115 cm³/mol. The van der Waals surface area contributed by atoms with Crippen molar-refractivity contribution in [1.29, 1.82) is 0 Å². The van der Waals surface area contributed by atoms with Gasteiger partial charge in [0.05, 0.1) is 18.4 Å². The molecule has 0 unspecified atom stereocenters. The molecule has 0 bridgehead atoms. The largest absolute Gasteiger partial charge is 0.465 e. The van der Waals surface area contributed by atoms with E-state index in [0.717, 1.165) is 0 Å². The average Bonchev–Trinajstić information content (AvgIpc) is 3.15. The minimum Gasteiger partial charge on any atom is -0.465 e. The van der Waals surface area contributed by atoms with Gasteiger partial charge in [-0.05, 0) is 46.1 Å². The van der Waals surface area contributed by atoms with Gasteiger partial charge in [-0.1, -0.05) is 54.1 Å². The quantitative estimate of drug-likeness (QED) is 0.420. The molecule has 3 rings (SSSR count). The molecule has 0 amide bonds. The number of alkyl halides is 3. The first-order valence-corrected chi connectivity index (χ1v) is 10.8. The highest BCUT2D eigenvalue weighted by Crippen LogP contribution is 2.48. The Hall–Kier alpha value is -2.03. The molecule has 166 valence electrons. The third-order valence-corrected chi connectivity index (χ3v) is 5.89. The molecule has 2 aromatic rings. The fourth-order valence-corrected chi connectivity index (χ4v) is 4.41. The summed E-state index contributed by atoms with van der Waals surface area (Å²) in [6.07, 6.45) is 0. The molecule has 1 aliphatic rings. The van der Waals surface area contributed by atoms with E-state index in [1.807, 2.05) is 6.07 Å². The second kappa shape index (κ2) is 10.1. The minimum atomic E-state index is -3.53. The summed E-state index contributed by atoms with van der Waals surface area (Å²) in [5.74, 6) is -4.78. The Balaban J connectivity index is 1.95. The fraction of sp³-hybridized carbons (Fsp3) is 0.364. The Morgan fingerprint density at radius 3 is 2.29 bits per heavy atom. The third-order valence-electron chi connectivity index (χ3n) is 5.11. The van der Waals surface area contributed by atoms with Crippen LogP contribution in [0.2, 0.25) is 5.02 Å². The predicted octanol–water partition coefficient (Wildman–Crippen LogP) is 4.88. The van der Waals surface area contributed by atoms with Crippen LogP contribution in [0.25, 0.3) is 0 Å². The molecule has 31 heavy (non-hydrogen) atoms. The van der Waals surface area contributed by atoms with Gasteiger partial charge in [0.2, 0.25) is 0 Å². The van der Waals surface area contributed by atoms with E-state index in [1.54, 1.807) is 55.5 Å². The Labute approximate surface area is 192 Å². The summed E-state index contributed by atoms with van der Waals surface area (Å²) in [5, 5.41) is 3.32. The van der Waals surface area contributed by atoms with Crippen molar-refractivity contribution in [2.24, 2.45) is 11.8 Å². The number of hydrogen-bond donors (Lipinski definition) is 1. The zero-order valence-corrected chi connectivity index (χ0v) is 18.9. The van der Waals surface area contributed by atoms with Crippen molar-refractivity contribution in [3.8, 4) is 0 Å². The number of carbonyl (C=O) groups is 2. The van der Waals surface area contributed by atoms with Crippen LogP contribution in [0.1, 0.15) is 24.1 Å². The normalized spacial score (nSPS) is 23.4. The Morgan fingerprint density at radius 1 is 1.06 bits per heavy atom. The standard InChI is InChI=1S/C22H21BrClF2NO4/c1-2-30-21(29)19-17(22(23,25)26)16(18(27-19)14-8-10-15(24)11-9-14)20(28)31-12-13-6-4-3-5-7-13/h3-11,16-19,27H,2,12H2,1H3/t16-,17-,18-,19-/m0/s1. The molecule has 1 N–H and O–H groups in total. The van der Waals surface area contributed by atoms with Crippen LogP contribution in [0.3, 0.4) is 0 Å². The molecule has 9 heteroatoms. The average molecular weight is 517 g/mol. The molecule has 0 saturated carbocycles. The molecule has 1 saturated heterocycles. The number of carbonyl (C=O) groups excluding carboxylic acids is 2. The Morgan fingerprint density at radius 2 is 1.71 bits per heavy atom. The summed E-state index contributed by atoms with van der Waals surface area (Å²) in [6, 6.07) is 13.0. The minimum absolute atomic E-state index is 0.0202. The highest BCUT2D eigenvalue weighted by Gasteiger charge is 2.60. The maximum atomic E-state index is 14.6. The molecule has 4 atom stereocenters. The second-order valence-corrected chi connectivity index (χ2v) is 8.61. The van der Waals surface area contributed by atoms with Crippen LogP contribution in [0.4, 0.5) is 8.78 Å². The van der Waals surface area contributed by atoms with Crippen LogP contribution in [0.15, 0.2) is 54.6 Å². The van der Waals surface area contributed by atoms with Gasteiger partial charge >= 0.3 is 16.8 Å². The van der Waals surface area contributed by atoms with Crippen molar-refractivity contribution in [1.82, 2.24) is 5.32 Å². The Kier molecular flexibility index (Phi) is 7.67. The van der Waals surface area contributed by atoms with Gasteiger partial charge in [0.1, 0.15) is 12.6 Å². The molecule has 1 aliphatic heterocycles. The lowest BCUT2D eigenvalue weighted by atomic mass is 9.84. The van der Waals surface area contributed by atoms with Crippen molar-refractivity contribution in [3.63, 3.8) is 0 Å². The number of hydrogen-bond acceptors (Lipinski definition) is 5. The lowest BCUT2D eigenvalue weighted by Gasteiger charge is -2.27. The fourth-order valence-electron chi connectivity index (χ4n) is 3.74. The van der Waals surface area contributed by atoms with Gasteiger partial charge in [-0.15, -0.1) is 0 Å². The summed E-state index contributed by atoms with van der Waals surface area (Å²) in [5.41, 5.74) is 1.24. The lowest BCUT2D eigenvalue weighted by molar-refractivity contribution is -0.157. The van der Waals surface area contributed by atoms with Gasteiger partial charge in [-0.2, -0.15) is 8.78 Å². The molecular formula is C22H21BrClF2NO4. The van der Waals surface area contributed by atoms with Crippen molar-refractivity contribution in [2.45, 2.75) is 30.4 Å². The molecule has 0 radical (unpaired) electrons. The highest BCUT2D eigenvalue weighted by atomic mass is 79.9. The van der Waals surface area contributed by atoms with E-state index in [2.05, 4.69) is 21.2 Å². The zero-order chi connectivity index (χ0) is 22.6. The number of halogens is 4. The highest BCUT2D eigenvalue weighted by molar-refractivity contribution is 9.10. The molecule has 0 aromatic heterocycles. The maximum Gasteiger partial charge on any atom is 0.323 e. The summed E-state index contributed by atoms with van der Waals surface area (Å²) in [4.78, 5) is 22.0. The van der Waals surface area contributed by atoms with Crippen LogP contribution < -0.4 is 5.32 Å². The van der Waals surface area contributed by atoms with Crippen LogP contribution in [0, 0.1) is 11.8 Å². The maximum absolute atomic E-state index is 14.6. The number of esters is 2. The van der Waals surface area contributed by atoms with E-state index in [-0.39, 0.29) is 13.2 Å². The number of benzene rings is 2. The summed E-state index contributed by atoms with van der Waals surface area (Å²) in [6.45, 7) is 1.52. The molecule has 2 aromatic carbocycles. The van der Waals surface area contributed by atoms with E-state index >= 15 is 0 Å². The summed E-state index contributed by atoms with van der Waals surface area (Å²) >= 11 is 8.31. The summed E-state index contributed by atoms with van der Waals surface area (Å²) < 4.78 is 39.7. The molecule has 1 fully saturated rings. The number of rotatable bonds is 7. The first-order valence-electron chi connectivity index (χ1n) is 9.67. The first-order chi connectivity index (χ1) is 14.7. The lowest BCUT2D eigenvalue weighted by Crippen LogP contribution is -2.44. The van der Waals surface area contributed by atoms with Crippen LogP contribution in [-0.2, 0) is 25.7 Å². The van der Waals surface area contributed by atoms with Crippen LogP contribution >= 0.6 is 27.5 Å². The van der Waals surface area contributed by atoms with E-state index in [4.69, 9.17) is 21.1 Å². The Bertz CT molecular complexity index is 908. The second-order valence-electron chi connectivity index (χ2n) is 7.11. The third kappa shape index (κ3) is 5.61. The van der Waals surface area contributed by atoms with Gasteiger partial charge in [-0.3, -0.25) is 14.9 Å². The number of nitrogens with one attached hydrogen (secondary N) is 1. The topological polar surface area (TPSA) is 64.6 Å². The first kappa shape index (κ1) is 23.6. The van der Waals surface area contributed by atoms with E-state index in [0.29, 0.717) is 16.1 Å². The van der Waals surface area contributed by atoms with E-state index in [1.165, 1.54) is 0 Å². The van der Waals surface area contributed by atoms with Gasteiger partial charge in [0.15, 0.2) is 0 Å².